The highest BCUT2D eigenvalue weighted by Crippen LogP contribution is 2.22. The highest BCUT2D eigenvalue weighted by atomic mass is 16.6. The van der Waals surface area contributed by atoms with E-state index in [1.807, 2.05) is 6.92 Å². The maximum atomic E-state index is 10.7. The zero-order valence-electron chi connectivity index (χ0n) is 9.51. The first-order valence-electron chi connectivity index (χ1n) is 5.23. The highest BCUT2D eigenvalue weighted by molar-refractivity contribution is 5.55. The van der Waals surface area contributed by atoms with E-state index in [4.69, 9.17) is 5.73 Å². The summed E-state index contributed by atoms with van der Waals surface area (Å²) >= 11 is 0. The van der Waals surface area contributed by atoms with Gasteiger partial charge in [0.25, 0.3) is 0 Å². The van der Waals surface area contributed by atoms with Gasteiger partial charge < -0.3 is 11.1 Å². The van der Waals surface area contributed by atoms with Gasteiger partial charge in [0, 0.05) is 19.6 Å². The van der Waals surface area contributed by atoms with Crippen LogP contribution in [0.2, 0.25) is 0 Å². The van der Waals surface area contributed by atoms with Crippen LogP contribution in [0.25, 0.3) is 0 Å². The molecule has 7 nitrogen and oxygen atoms in total. The minimum absolute atomic E-state index is 0.0166. The molecule has 0 fully saturated rings. The summed E-state index contributed by atoms with van der Waals surface area (Å²) in [6.07, 6.45) is 3.21. The summed E-state index contributed by atoms with van der Waals surface area (Å²) in [6.45, 7) is 2.47. The Morgan fingerprint density at radius 2 is 2.44 bits per heavy atom. The molecule has 1 atom stereocenters. The van der Waals surface area contributed by atoms with E-state index in [0.717, 1.165) is 12.8 Å². The van der Waals surface area contributed by atoms with Crippen molar-refractivity contribution < 1.29 is 4.92 Å². The summed E-state index contributed by atoms with van der Waals surface area (Å²) in [4.78, 5) is 10.3. The second kappa shape index (κ2) is 5.45. The van der Waals surface area contributed by atoms with Gasteiger partial charge in [0.05, 0.1) is 4.92 Å². The van der Waals surface area contributed by atoms with Crippen molar-refractivity contribution in [1.82, 2.24) is 9.78 Å². The Bertz CT molecular complexity index is 363. The number of aromatic nitrogens is 2. The molecule has 7 heteroatoms. The third-order valence-electron chi connectivity index (χ3n) is 2.27. The number of nitrogens with one attached hydrogen (secondary N) is 1. The molecule has 90 valence electrons. The quantitative estimate of drug-likeness (QED) is 0.555. The molecule has 1 unspecified atom stereocenters. The van der Waals surface area contributed by atoms with Crippen LogP contribution in [0.1, 0.15) is 19.8 Å². The first-order valence-corrected chi connectivity index (χ1v) is 5.23. The lowest BCUT2D eigenvalue weighted by Crippen LogP contribution is -2.29. The fraction of sp³-hybridized carbons (Fsp3) is 0.667. The van der Waals surface area contributed by atoms with Crippen molar-refractivity contribution in [2.75, 3.05) is 11.9 Å². The smallest absolute Gasteiger partial charge is 0.330 e. The molecule has 0 amide bonds. The van der Waals surface area contributed by atoms with Crippen LogP contribution >= 0.6 is 0 Å². The first kappa shape index (κ1) is 12.4. The fourth-order valence-electron chi connectivity index (χ4n) is 1.50. The second-order valence-corrected chi connectivity index (χ2v) is 3.66. The van der Waals surface area contributed by atoms with Crippen LogP contribution < -0.4 is 11.1 Å². The number of anilines is 1. The Balaban J connectivity index is 2.82. The summed E-state index contributed by atoms with van der Waals surface area (Å²) in [6, 6.07) is 0.0265. The van der Waals surface area contributed by atoms with Gasteiger partial charge in [-0.1, -0.05) is 13.3 Å². The average molecular weight is 227 g/mol. The monoisotopic (exact) mass is 227 g/mol. The van der Waals surface area contributed by atoms with Gasteiger partial charge >= 0.3 is 5.69 Å². The molecule has 0 aromatic carbocycles. The standard InChI is InChI=1S/C9H17N5O2/c1-3-4-7(5-10)11-9-8(14(15)16)6-13(2)12-9/h6-7H,3-5,10H2,1-2H3,(H,11,12). The van der Waals surface area contributed by atoms with Crippen molar-refractivity contribution in [3.8, 4) is 0 Å². The molecule has 0 radical (unpaired) electrons. The van der Waals surface area contributed by atoms with E-state index in [1.165, 1.54) is 10.9 Å². The molecule has 0 spiro atoms. The SMILES string of the molecule is CCCC(CN)Nc1nn(C)cc1[N+](=O)[O-]. The molecule has 16 heavy (non-hydrogen) atoms. The van der Waals surface area contributed by atoms with E-state index in [0.29, 0.717) is 6.54 Å². The summed E-state index contributed by atoms with van der Waals surface area (Å²) in [5.74, 6) is 0.288. The minimum Gasteiger partial charge on any atom is -0.359 e. The average Bonchev–Trinajstić information content (AvgIpc) is 2.59. The summed E-state index contributed by atoms with van der Waals surface area (Å²) in [5, 5.41) is 17.8. The van der Waals surface area contributed by atoms with Gasteiger partial charge in [0.15, 0.2) is 0 Å². The molecule has 1 aromatic rings. The predicted molar refractivity (Wildman–Crippen MR) is 61.2 cm³/mol. The zero-order chi connectivity index (χ0) is 12.1. The Labute approximate surface area is 93.8 Å². The van der Waals surface area contributed by atoms with E-state index >= 15 is 0 Å². The molecule has 1 aromatic heterocycles. The maximum Gasteiger partial charge on any atom is 0.330 e. The van der Waals surface area contributed by atoms with Gasteiger partial charge in [0.1, 0.15) is 6.20 Å². The van der Waals surface area contributed by atoms with Crippen LogP contribution in [-0.2, 0) is 7.05 Å². The summed E-state index contributed by atoms with van der Waals surface area (Å²) in [5.41, 5.74) is 5.56. The molecule has 1 heterocycles. The van der Waals surface area contributed by atoms with Crippen LogP contribution in [0.4, 0.5) is 11.5 Å². The largest absolute Gasteiger partial charge is 0.359 e. The molecule has 0 aliphatic heterocycles. The highest BCUT2D eigenvalue weighted by Gasteiger charge is 2.20. The predicted octanol–water partition coefficient (Wildman–Crippen LogP) is 0.868. The van der Waals surface area contributed by atoms with Crippen molar-refractivity contribution >= 4 is 11.5 Å². The molecule has 0 saturated carbocycles. The molecule has 0 aliphatic rings. The van der Waals surface area contributed by atoms with Crippen LogP contribution in [0.5, 0.6) is 0 Å². The number of nitro groups is 1. The molecule has 0 saturated heterocycles. The van der Waals surface area contributed by atoms with E-state index in [2.05, 4.69) is 10.4 Å². The van der Waals surface area contributed by atoms with Crippen molar-refractivity contribution in [3.63, 3.8) is 0 Å². The van der Waals surface area contributed by atoms with Crippen molar-refractivity contribution in [2.45, 2.75) is 25.8 Å². The Hall–Kier alpha value is -1.63. The van der Waals surface area contributed by atoms with Gasteiger partial charge in [-0.25, -0.2) is 0 Å². The Kier molecular flexibility index (Phi) is 4.24. The number of aryl methyl sites for hydroxylation is 1. The lowest BCUT2D eigenvalue weighted by Gasteiger charge is -2.14. The van der Waals surface area contributed by atoms with E-state index in [9.17, 15) is 10.1 Å². The van der Waals surface area contributed by atoms with Crippen LogP contribution in [-0.4, -0.2) is 27.3 Å². The molecule has 0 aliphatic carbocycles. The number of rotatable bonds is 6. The first-order chi connectivity index (χ1) is 7.58. The number of nitrogens with zero attached hydrogens (tertiary/aromatic N) is 3. The molecular weight excluding hydrogens is 210 g/mol. The molecular formula is C9H17N5O2. The topological polar surface area (TPSA) is 99.0 Å². The number of hydrogen-bond acceptors (Lipinski definition) is 5. The van der Waals surface area contributed by atoms with Crippen molar-refractivity contribution in [1.29, 1.82) is 0 Å². The summed E-state index contributed by atoms with van der Waals surface area (Å²) in [7, 11) is 1.65. The van der Waals surface area contributed by atoms with Crippen LogP contribution in [0.3, 0.4) is 0 Å². The van der Waals surface area contributed by atoms with Gasteiger partial charge in [0.2, 0.25) is 5.82 Å². The number of nitrogens with two attached hydrogens (primary N) is 1. The normalized spacial score (nSPS) is 12.4. The van der Waals surface area contributed by atoms with Gasteiger partial charge in [-0.15, -0.1) is 5.10 Å². The van der Waals surface area contributed by atoms with E-state index in [-0.39, 0.29) is 17.5 Å². The van der Waals surface area contributed by atoms with E-state index < -0.39 is 4.92 Å². The van der Waals surface area contributed by atoms with Gasteiger partial charge in [-0.2, -0.15) is 0 Å². The van der Waals surface area contributed by atoms with Crippen LogP contribution in [0, 0.1) is 10.1 Å². The van der Waals surface area contributed by atoms with E-state index in [1.54, 1.807) is 7.05 Å². The van der Waals surface area contributed by atoms with Gasteiger partial charge in [-0.3, -0.25) is 14.8 Å². The van der Waals surface area contributed by atoms with Crippen molar-refractivity contribution in [3.05, 3.63) is 16.3 Å². The summed E-state index contributed by atoms with van der Waals surface area (Å²) < 4.78 is 1.42. The van der Waals surface area contributed by atoms with Crippen LogP contribution in [0.15, 0.2) is 6.20 Å². The number of hydrogen-bond donors (Lipinski definition) is 2. The molecule has 0 bridgehead atoms. The minimum atomic E-state index is -0.450. The lowest BCUT2D eigenvalue weighted by atomic mass is 10.1. The Morgan fingerprint density at radius 1 is 1.75 bits per heavy atom. The Morgan fingerprint density at radius 3 is 2.94 bits per heavy atom. The third-order valence-corrected chi connectivity index (χ3v) is 2.27. The maximum absolute atomic E-state index is 10.7. The third kappa shape index (κ3) is 2.93. The second-order valence-electron chi connectivity index (χ2n) is 3.66. The van der Waals surface area contributed by atoms with Gasteiger partial charge in [-0.05, 0) is 6.42 Å². The lowest BCUT2D eigenvalue weighted by molar-refractivity contribution is -0.384. The fourth-order valence-corrected chi connectivity index (χ4v) is 1.50. The molecule has 1 rings (SSSR count). The van der Waals surface area contributed by atoms with Crippen molar-refractivity contribution in [2.24, 2.45) is 12.8 Å². The zero-order valence-corrected chi connectivity index (χ0v) is 9.51. The molecule has 3 N–H and O–H groups in total.